The molecule has 1 nitrogen and oxygen atoms in total. The van der Waals surface area contributed by atoms with Gasteiger partial charge in [-0.3, -0.25) is 0 Å². The van der Waals surface area contributed by atoms with E-state index in [1.165, 1.54) is 55.5 Å². The van der Waals surface area contributed by atoms with Crippen molar-refractivity contribution in [1.29, 1.82) is 0 Å². The first-order chi connectivity index (χ1) is 15.1. The summed E-state index contributed by atoms with van der Waals surface area (Å²) in [7, 11) is 0. The summed E-state index contributed by atoms with van der Waals surface area (Å²) in [5.74, 6) is 0. The van der Waals surface area contributed by atoms with E-state index in [9.17, 15) is 0 Å². The average molecular weight is 396 g/mol. The molecule has 0 atom stereocenters. The molecular weight excluding hydrogens is 374 g/mol. The van der Waals surface area contributed by atoms with Gasteiger partial charge in [0.2, 0.25) is 0 Å². The van der Waals surface area contributed by atoms with Crippen LogP contribution in [0.1, 0.15) is 25.0 Å². The third-order valence-corrected chi connectivity index (χ3v) is 7.22. The lowest BCUT2D eigenvalue weighted by Gasteiger charge is -2.21. The highest BCUT2D eigenvalue weighted by atomic mass is 14.7. The maximum atomic E-state index is 5.19. The fourth-order valence-corrected chi connectivity index (χ4v) is 5.78. The van der Waals surface area contributed by atoms with E-state index >= 15 is 0 Å². The van der Waals surface area contributed by atoms with Crippen LogP contribution >= 0.6 is 0 Å². The zero-order valence-corrected chi connectivity index (χ0v) is 17.6. The number of fused-ring (bicyclic) bond motifs is 6. The van der Waals surface area contributed by atoms with E-state index in [1.807, 2.05) is 0 Å². The lowest BCUT2D eigenvalue weighted by Crippen LogP contribution is -2.14. The summed E-state index contributed by atoms with van der Waals surface area (Å²) in [5.41, 5.74) is 14.0. The van der Waals surface area contributed by atoms with Gasteiger partial charge in [-0.25, -0.2) is 4.98 Å². The molecular formula is C30H21N. The second-order valence-corrected chi connectivity index (χ2v) is 9.20. The summed E-state index contributed by atoms with van der Waals surface area (Å²) in [4.78, 5) is 5.19. The fraction of sp³-hybridized carbons (Fsp3) is 0.100. The zero-order chi connectivity index (χ0) is 20.7. The van der Waals surface area contributed by atoms with Gasteiger partial charge in [0.25, 0.3) is 0 Å². The molecule has 0 fully saturated rings. The van der Waals surface area contributed by atoms with Crippen LogP contribution in [0.2, 0.25) is 0 Å². The normalized spacial score (nSPS) is 14.4. The smallest absolute Gasteiger partial charge is 0.0722 e. The molecule has 2 aliphatic carbocycles. The van der Waals surface area contributed by atoms with Crippen LogP contribution in [0.25, 0.3) is 55.5 Å². The summed E-state index contributed by atoms with van der Waals surface area (Å²) in [5, 5.41) is 1.28. The van der Waals surface area contributed by atoms with Gasteiger partial charge in [0.1, 0.15) is 0 Å². The van der Waals surface area contributed by atoms with Crippen LogP contribution in [-0.4, -0.2) is 4.98 Å². The largest absolute Gasteiger partial charge is 0.248 e. The zero-order valence-electron chi connectivity index (χ0n) is 17.6. The van der Waals surface area contributed by atoms with Crippen LogP contribution in [0.15, 0.2) is 91.0 Å². The number of hydrogen-bond acceptors (Lipinski definition) is 1. The lowest BCUT2D eigenvalue weighted by atomic mass is 9.82. The molecule has 0 bridgehead atoms. The Morgan fingerprint density at radius 3 is 2.00 bits per heavy atom. The van der Waals surface area contributed by atoms with E-state index < -0.39 is 0 Å². The van der Waals surface area contributed by atoms with Gasteiger partial charge in [-0.05, 0) is 56.6 Å². The van der Waals surface area contributed by atoms with Crippen LogP contribution in [0, 0.1) is 0 Å². The molecule has 0 N–H and O–H groups in total. The SMILES string of the molecule is CC1(C)c2ccccc2-c2c(-c3cc4c5c(cccc5n3)-c3ccccc3-4)cccc21. The molecule has 7 rings (SSSR count). The molecule has 0 saturated carbocycles. The maximum Gasteiger partial charge on any atom is 0.0722 e. The van der Waals surface area contributed by atoms with Crippen LogP contribution in [0.3, 0.4) is 0 Å². The van der Waals surface area contributed by atoms with Crippen molar-refractivity contribution >= 4 is 10.9 Å². The molecule has 1 heterocycles. The van der Waals surface area contributed by atoms with Crippen LogP contribution in [-0.2, 0) is 5.41 Å². The summed E-state index contributed by atoms with van der Waals surface area (Å²) in [6, 6.07) is 33.1. The minimum Gasteiger partial charge on any atom is -0.248 e. The Bertz CT molecular complexity index is 1550. The highest BCUT2D eigenvalue weighted by Crippen LogP contribution is 2.53. The fourth-order valence-electron chi connectivity index (χ4n) is 5.78. The molecule has 0 saturated heterocycles. The van der Waals surface area contributed by atoms with E-state index in [1.54, 1.807) is 0 Å². The topological polar surface area (TPSA) is 12.9 Å². The minimum absolute atomic E-state index is 0.00462. The van der Waals surface area contributed by atoms with Crippen molar-refractivity contribution < 1.29 is 0 Å². The lowest BCUT2D eigenvalue weighted by molar-refractivity contribution is 0.660. The number of hydrogen-bond donors (Lipinski definition) is 0. The van der Waals surface area contributed by atoms with Crippen molar-refractivity contribution in [3.8, 4) is 44.6 Å². The van der Waals surface area contributed by atoms with Crippen LogP contribution < -0.4 is 0 Å². The molecule has 1 heteroatoms. The first kappa shape index (κ1) is 17.0. The number of benzene rings is 4. The monoisotopic (exact) mass is 395 g/mol. The quantitative estimate of drug-likeness (QED) is 0.276. The second-order valence-electron chi connectivity index (χ2n) is 9.20. The van der Waals surface area contributed by atoms with Gasteiger partial charge in [0.05, 0.1) is 11.2 Å². The van der Waals surface area contributed by atoms with Crippen molar-refractivity contribution in [1.82, 2.24) is 4.98 Å². The Balaban J connectivity index is 1.57. The molecule has 4 aromatic carbocycles. The Hall–Kier alpha value is -3.71. The maximum absolute atomic E-state index is 5.19. The summed E-state index contributed by atoms with van der Waals surface area (Å²) in [6.07, 6.45) is 0. The minimum atomic E-state index is -0.00462. The Morgan fingerprint density at radius 2 is 1.16 bits per heavy atom. The van der Waals surface area contributed by atoms with E-state index in [0.29, 0.717) is 0 Å². The van der Waals surface area contributed by atoms with E-state index in [2.05, 4.69) is 105 Å². The first-order valence-electron chi connectivity index (χ1n) is 10.9. The van der Waals surface area contributed by atoms with Crippen molar-refractivity contribution in [2.45, 2.75) is 19.3 Å². The molecule has 2 aliphatic rings. The van der Waals surface area contributed by atoms with E-state index in [0.717, 1.165) is 11.2 Å². The Kier molecular flexibility index (Phi) is 3.13. The highest BCUT2D eigenvalue weighted by Gasteiger charge is 2.36. The molecule has 0 amide bonds. The molecule has 0 unspecified atom stereocenters. The molecule has 146 valence electrons. The van der Waals surface area contributed by atoms with Crippen LogP contribution in [0.5, 0.6) is 0 Å². The van der Waals surface area contributed by atoms with Gasteiger partial charge in [0.15, 0.2) is 0 Å². The van der Waals surface area contributed by atoms with Gasteiger partial charge in [-0.1, -0.05) is 92.7 Å². The van der Waals surface area contributed by atoms with Gasteiger partial charge in [-0.15, -0.1) is 0 Å². The number of rotatable bonds is 1. The van der Waals surface area contributed by atoms with Gasteiger partial charge >= 0.3 is 0 Å². The predicted molar refractivity (Wildman–Crippen MR) is 129 cm³/mol. The van der Waals surface area contributed by atoms with Gasteiger partial charge in [0, 0.05) is 16.4 Å². The predicted octanol–water partition coefficient (Wildman–Crippen LogP) is 7.86. The van der Waals surface area contributed by atoms with Gasteiger partial charge in [-0.2, -0.15) is 0 Å². The number of nitrogens with zero attached hydrogens (tertiary/aromatic N) is 1. The third-order valence-electron chi connectivity index (χ3n) is 7.22. The Morgan fingerprint density at radius 1 is 0.548 bits per heavy atom. The van der Waals surface area contributed by atoms with Crippen molar-refractivity contribution in [3.05, 3.63) is 102 Å². The van der Waals surface area contributed by atoms with Gasteiger partial charge < -0.3 is 0 Å². The summed E-state index contributed by atoms with van der Waals surface area (Å²) < 4.78 is 0. The van der Waals surface area contributed by atoms with E-state index in [4.69, 9.17) is 4.98 Å². The highest BCUT2D eigenvalue weighted by molar-refractivity contribution is 6.15. The number of pyridine rings is 1. The molecule has 0 spiro atoms. The Labute approximate surface area is 182 Å². The molecule has 31 heavy (non-hydrogen) atoms. The van der Waals surface area contributed by atoms with Crippen molar-refractivity contribution in [3.63, 3.8) is 0 Å². The van der Waals surface area contributed by atoms with Crippen LogP contribution in [0.4, 0.5) is 0 Å². The summed E-state index contributed by atoms with van der Waals surface area (Å²) >= 11 is 0. The molecule has 1 aromatic heterocycles. The average Bonchev–Trinajstić information content (AvgIpc) is 3.25. The first-order valence-corrected chi connectivity index (χ1v) is 10.9. The molecule has 0 aliphatic heterocycles. The second kappa shape index (κ2) is 5.70. The molecule has 0 radical (unpaired) electrons. The standard InChI is InChI=1S/C30H21N/c1-30(2)24-14-6-5-11-21(24)28-22(13-7-15-25(28)30)27-17-23-19-10-4-3-9-18(19)20-12-8-16-26(31-27)29(20)23/h3-17H,1-2H3. The number of aromatic nitrogens is 1. The van der Waals surface area contributed by atoms with E-state index in [-0.39, 0.29) is 5.41 Å². The molecule has 5 aromatic rings. The van der Waals surface area contributed by atoms with Crippen molar-refractivity contribution in [2.24, 2.45) is 0 Å². The van der Waals surface area contributed by atoms with Crippen molar-refractivity contribution in [2.75, 3.05) is 0 Å². The summed E-state index contributed by atoms with van der Waals surface area (Å²) in [6.45, 7) is 4.66. The third kappa shape index (κ3) is 2.08.